The van der Waals surface area contributed by atoms with E-state index in [9.17, 15) is 0 Å². The van der Waals surface area contributed by atoms with E-state index in [2.05, 4.69) is 208 Å². The van der Waals surface area contributed by atoms with E-state index in [0.29, 0.717) is 0 Å². The van der Waals surface area contributed by atoms with Crippen molar-refractivity contribution in [1.82, 2.24) is 0 Å². The van der Waals surface area contributed by atoms with Gasteiger partial charge in [-0.2, -0.15) is 0 Å². The molecule has 0 aliphatic heterocycles. The first-order valence-corrected chi connectivity index (χ1v) is 19.2. The van der Waals surface area contributed by atoms with Crippen LogP contribution in [0, 0.1) is 19.8 Å². The summed E-state index contributed by atoms with van der Waals surface area (Å²) in [6, 6.07) is 61.6. The standard InChI is InChI=1S/C53H40N2/c1-35-21-27-41(28-22-35)54-51(37-13-5-3-6-14-37)39-25-31-45-43-17-9-11-19-47(43)53(49(45)33-39)48-20-12-10-18-44(48)46-32-26-40(34-50(46)53)52(38-15-7-4-8-16-38)55-42-29-23-36(2)24-30-42/h3-34,43,47H,1-2H3. The van der Waals surface area contributed by atoms with Crippen LogP contribution in [-0.4, -0.2) is 11.4 Å². The minimum Gasteiger partial charge on any atom is -0.248 e. The van der Waals surface area contributed by atoms with Gasteiger partial charge in [-0.05, 0) is 83.6 Å². The van der Waals surface area contributed by atoms with Crippen LogP contribution in [0.5, 0.6) is 0 Å². The van der Waals surface area contributed by atoms with Crippen LogP contribution in [0.15, 0.2) is 204 Å². The molecule has 0 heterocycles. The van der Waals surface area contributed by atoms with Crippen LogP contribution >= 0.6 is 0 Å². The van der Waals surface area contributed by atoms with Gasteiger partial charge in [-0.25, -0.2) is 9.98 Å². The first-order chi connectivity index (χ1) is 27.1. The molecule has 0 aromatic heterocycles. The second-order valence-corrected chi connectivity index (χ2v) is 15.1. The van der Waals surface area contributed by atoms with E-state index in [-0.39, 0.29) is 11.8 Å². The Morgan fingerprint density at radius 1 is 0.436 bits per heavy atom. The Balaban J connectivity index is 1.23. The second-order valence-electron chi connectivity index (χ2n) is 15.1. The Labute approximate surface area is 323 Å². The first kappa shape index (κ1) is 33.0. The van der Waals surface area contributed by atoms with Gasteiger partial charge in [0.15, 0.2) is 0 Å². The molecule has 0 saturated carbocycles. The first-order valence-electron chi connectivity index (χ1n) is 19.2. The summed E-state index contributed by atoms with van der Waals surface area (Å²) in [5, 5.41) is 0. The summed E-state index contributed by atoms with van der Waals surface area (Å²) in [6.45, 7) is 4.24. The van der Waals surface area contributed by atoms with Crippen molar-refractivity contribution in [3.8, 4) is 11.1 Å². The molecule has 0 bridgehead atoms. The molecule has 2 heteroatoms. The molecule has 7 aromatic carbocycles. The van der Waals surface area contributed by atoms with Crippen LogP contribution in [0.2, 0.25) is 0 Å². The van der Waals surface area contributed by atoms with E-state index in [1.165, 1.54) is 44.5 Å². The van der Waals surface area contributed by atoms with Crippen molar-refractivity contribution in [2.24, 2.45) is 15.9 Å². The Morgan fingerprint density at radius 2 is 0.945 bits per heavy atom. The number of benzene rings is 7. The van der Waals surface area contributed by atoms with Gasteiger partial charge in [0.1, 0.15) is 0 Å². The van der Waals surface area contributed by atoms with E-state index in [1.54, 1.807) is 0 Å². The third-order valence-corrected chi connectivity index (χ3v) is 11.7. The summed E-state index contributed by atoms with van der Waals surface area (Å²) >= 11 is 0. The molecule has 3 unspecified atom stereocenters. The predicted molar refractivity (Wildman–Crippen MR) is 229 cm³/mol. The lowest BCUT2D eigenvalue weighted by atomic mass is 9.65. The van der Waals surface area contributed by atoms with E-state index < -0.39 is 5.41 Å². The maximum absolute atomic E-state index is 5.35. The van der Waals surface area contributed by atoms with Crippen LogP contribution in [0.4, 0.5) is 11.4 Å². The lowest BCUT2D eigenvalue weighted by Gasteiger charge is -2.36. The average molecular weight is 705 g/mol. The number of allylic oxidation sites excluding steroid dienone is 4. The summed E-state index contributed by atoms with van der Waals surface area (Å²) in [5.41, 5.74) is 18.3. The molecule has 2 nitrogen and oxygen atoms in total. The molecule has 0 N–H and O–H groups in total. The summed E-state index contributed by atoms with van der Waals surface area (Å²) in [4.78, 5) is 10.7. The van der Waals surface area contributed by atoms with Crippen LogP contribution in [-0.2, 0) is 5.41 Å². The zero-order valence-electron chi connectivity index (χ0n) is 31.0. The molecule has 3 atom stereocenters. The molecular weight excluding hydrogens is 665 g/mol. The second kappa shape index (κ2) is 13.3. The number of rotatable bonds is 6. The van der Waals surface area contributed by atoms with E-state index >= 15 is 0 Å². The Morgan fingerprint density at radius 3 is 1.56 bits per heavy atom. The number of aryl methyl sites for hydroxylation is 2. The quantitative estimate of drug-likeness (QED) is 0.154. The third kappa shape index (κ3) is 5.48. The van der Waals surface area contributed by atoms with Crippen molar-refractivity contribution in [2.45, 2.75) is 25.2 Å². The van der Waals surface area contributed by atoms with Crippen molar-refractivity contribution in [3.05, 3.63) is 250 Å². The highest BCUT2D eigenvalue weighted by molar-refractivity contribution is 6.15. The minimum atomic E-state index is -0.420. The Hall–Kier alpha value is -6.64. The summed E-state index contributed by atoms with van der Waals surface area (Å²) in [5.74, 6) is 0.435. The van der Waals surface area contributed by atoms with Gasteiger partial charge in [0.2, 0.25) is 0 Å². The molecule has 0 saturated heterocycles. The van der Waals surface area contributed by atoms with Gasteiger partial charge in [-0.3, -0.25) is 0 Å². The van der Waals surface area contributed by atoms with Gasteiger partial charge >= 0.3 is 0 Å². The van der Waals surface area contributed by atoms with Gasteiger partial charge in [0.25, 0.3) is 0 Å². The maximum atomic E-state index is 5.35. The molecule has 3 aliphatic rings. The summed E-state index contributed by atoms with van der Waals surface area (Å²) < 4.78 is 0. The molecular formula is C53H40N2. The number of hydrogen-bond donors (Lipinski definition) is 0. The zero-order valence-corrected chi connectivity index (χ0v) is 31.0. The molecule has 0 amide bonds. The average Bonchev–Trinajstić information content (AvgIpc) is 3.70. The lowest BCUT2D eigenvalue weighted by Crippen LogP contribution is -2.33. The van der Waals surface area contributed by atoms with Crippen LogP contribution in [0.1, 0.15) is 61.6 Å². The van der Waals surface area contributed by atoms with Crippen LogP contribution in [0.25, 0.3) is 11.1 Å². The highest BCUT2D eigenvalue weighted by Crippen LogP contribution is 2.65. The monoisotopic (exact) mass is 704 g/mol. The maximum Gasteiger partial charge on any atom is 0.0781 e. The van der Waals surface area contributed by atoms with E-state index in [1.807, 2.05) is 0 Å². The van der Waals surface area contributed by atoms with E-state index in [4.69, 9.17) is 9.98 Å². The van der Waals surface area contributed by atoms with Crippen LogP contribution in [0.3, 0.4) is 0 Å². The van der Waals surface area contributed by atoms with Gasteiger partial charge in [-0.15, -0.1) is 0 Å². The molecule has 0 fully saturated rings. The Kier molecular flexibility index (Phi) is 7.99. The fraction of sp³-hybridized carbons (Fsp3) is 0.0943. The summed E-state index contributed by atoms with van der Waals surface area (Å²) in [7, 11) is 0. The van der Waals surface area contributed by atoms with Crippen molar-refractivity contribution in [1.29, 1.82) is 0 Å². The fourth-order valence-electron chi connectivity index (χ4n) is 9.22. The van der Waals surface area contributed by atoms with Crippen LogP contribution < -0.4 is 0 Å². The molecule has 0 radical (unpaired) electrons. The fourth-order valence-corrected chi connectivity index (χ4v) is 9.22. The number of fused-ring (bicyclic) bond motifs is 10. The number of nitrogens with zero attached hydrogens (tertiary/aromatic N) is 2. The third-order valence-electron chi connectivity index (χ3n) is 11.7. The number of hydrogen-bond acceptors (Lipinski definition) is 2. The van der Waals surface area contributed by atoms with Crippen molar-refractivity contribution in [2.75, 3.05) is 0 Å². The Bertz CT molecular complexity index is 2700. The molecule has 3 aliphatic carbocycles. The highest BCUT2D eigenvalue weighted by Gasteiger charge is 2.57. The largest absolute Gasteiger partial charge is 0.248 e. The van der Waals surface area contributed by atoms with Gasteiger partial charge in [0.05, 0.1) is 28.2 Å². The molecule has 10 rings (SSSR count). The molecule has 262 valence electrons. The smallest absolute Gasteiger partial charge is 0.0781 e. The van der Waals surface area contributed by atoms with E-state index in [0.717, 1.165) is 45.1 Å². The van der Waals surface area contributed by atoms with Crippen molar-refractivity contribution < 1.29 is 0 Å². The van der Waals surface area contributed by atoms with Gasteiger partial charge in [0, 0.05) is 34.1 Å². The molecule has 1 spiro atoms. The number of aliphatic imine (C=N–C) groups is 2. The van der Waals surface area contributed by atoms with Crippen molar-refractivity contribution >= 4 is 22.8 Å². The predicted octanol–water partition coefficient (Wildman–Crippen LogP) is 12.8. The zero-order chi connectivity index (χ0) is 36.9. The van der Waals surface area contributed by atoms with Crippen molar-refractivity contribution in [3.63, 3.8) is 0 Å². The minimum absolute atomic E-state index is 0.198. The topological polar surface area (TPSA) is 24.7 Å². The molecule has 7 aromatic rings. The SMILES string of the molecule is Cc1ccc(N=C(c2ccccc2)c2ccc3c(c2)C2(c4ccccc4-3)c3cc(C(=Nc4ccc(C)cc4)c4ccccc4)ccc3C3C=CC=CC32)cc1. The normalized spacial score (nSPS) is 19.2. The summed E-state index contributed by atoms with van der Waals surface area (Å²) in [6.07, 6.45) is 9.35. The van der Waals surface area contributed by atoms with Gasteiger partial charge < -0.3 is 0 Å². The molecule has 55 heavy (non-hydrogen) atoms. The lowest BCUT2D eigenvalue weighted by molar-refractivity contribution is 0.465. The highest BCUT2D eigenvalue weighted by atomic mass is 14.8. The van der Waals surface area contributed by atoms with Gasteiger partial charge in [-0.1, -0.05) is 169 Å².